The largest absolute Gasteiger partial charge is 0.391 e. The van der Waals surface area contributed by atoms with Crippen molar-refractivity contribution >= 4 is 11.8 Å². The molecule has 1 unspecified atom stereocenters. The number of piperidine rings is 1. The Bertz CT molecular complexity index is 881. The van der Waals surface area contributed by atoms with E-state index in [4.69, 9.17) is 4.98 Å². The fourth-order valence-electron chi connectivity index (χ4n) is 3.37. The van der Waals surface area contributed by atoms with Gasteiger partial charge >= 0.3 is 0 Å². The van der Waals surface area contributed by atoms with E-state index in [0.717, 1.165) is 36.5 Å². The molecule has 0 amide bonds. The Balaban J connectivity index is 1.46. The molecule has 4 rings (SSSR count). The second kappa shape index (κ2) is 7.75. The molecule has 1 N–H and O–H groups in total. The summed E-state index contributed by atoms with van der Waals surface area (Å²) in [5, 5.41) is 14.4. The van der Waals surface area contributed by atoms with Crippen molar-refractivity contribution in [2.75, 3.05) is 29.9 Å². The minimum Gasteiger partial charge on any atom is -0.391 e. The Morgan fingerprint density at radius 3 is 2.89 bits per heavy atom. The van der Waals surface area contributed by atoms with Crippen molar-refractivity contribution in [3.05, 3.63) is 60.6 Å². The van der Waals surface area contributed by atoms with Crippen LogP contribution in [0.25, 0.3) is 5.69 Å². The number of β-amino-alcohol motifs (C(OH)–C–C–N with tert-alkyl or cyclic N) is 1. The van der Waals surface area contributed by atoms with E-state index < -0.39 is 0 Å². The lowest BCUT2D eigenvalue weighted by Gasteiger charge is -2.31. The highest BCUT2D eigenvalue weighted by atomic mass is 16.3. The minimum atomic E-state index is -0.279. The number of para-hydroxylation sites is 1. The molecule has 3 aromatic rings. The zero-order valence-corrected chi connectivity index (χ0v) is 15.4. The van der Waals surface area contributed by atoms with Crippen molar-refractivity contribution in [3.8, 4) is 5.69 Å². The van der Waals surface area contributed by atoms with Crippen molar-refractivity contribution in [3.63, 3.8) is 0 Å². The van der Waals surface area contributed by atoms with E-state index >= 15 is 0 Å². The third-order valence-corrected chi connectivity index (χ3v) is 4.77. The second-order valence-corrected chi connectivity index (χ2v) is 6.94. The number of aliphatic hydroxyl groups excluding tert-OH is 1. The third kappa shape index (κ3) is 4.09. The van der Waals surface area contributed by atoms with Crippen LogP contribution in [0.2, 0.25) is 0 Å². The first-order chi connectivity index (χ1) is 13.2. The van der Waals surface area contributed by atoms with Gasteiger partial charge in [0.05, 0.1) is 18.0 Å². The summed E-state index contributed by atoms with van der Waals surface area (Å²) in [5.41, 5.74) is 2.12. The fraction of sp³-hybridized carbons (Fsp3) is 0.350. The van der Waals surface area contributed by atoms with Crippen molar-refractivity contribution in [1.29, 1.82) is 0 Å². The lowest BCUT2D eigenvalue weighted by atomic mass is 10.1. The van der Waals surface area contributed by atoms with Crippen LogP contribution < -0.4 is 9.80 Å². The molecule has 0 aliphatic carbocycles. The molecule has 1 fully saturated rings. The normalized spacial score (nSPS) is 17.1. The minimum absolute atomic E-state index is 0.279. The van der Waals surface area contributed by atoms with E-state index in [1.807, 2.05) is 65.4 Å². The molecule has 0 saturated carbocycles. The molecule has 2 aromatic heterocycles. The number of aliphatic hydroxyl groups is 1. The maximum atomic E-state index is 9.91. The fourth-order valence-corrected chi connectivity index (χ4v) is 3.37. The van der Waals surface area contributed by atoms with Crippen LogP contribution in [0.15, 0.2) is 55.0 Å². The van der Waals surface area contributed by atoms with Gasteiger partial charge in [-0.1, -0.05) is 18.2 Å². The summed E-state index contributed by atoms with van der Waals surface area (Å²) in [6.07, 6.45) is 7.24. The van der Waals surface area contributed by atoms with Gasteiger partial charge in [0, 0.05) is 44.6 Å². The van der Waals surface area contributed by atoms with E-state index in [9.17, 15) is 5.11 Å². The van der Waals surface area contributed by atoms with Gasteiger partial charge in [0.25, 0.3) is 0 Å². The monoisotopic (exact) mass is 364 g/mol. The average molecular weight is 364 g/mol. The van der Waals surface area contributed by atoms with Crippen LogP contribution in [0.4, 0.5) is 11.8 Å². The third-order valence-electron chi connectivity index (χ3n) is 4.77. The highest BCUT2D eigenvalue weighted by Crippen LogP contribution is 2.20. The molecular weight excluding hydrogens is 340 g/mol. The van der Waals surface area contributed by atoms with Gasteiger partial charge in [-0.05, 0) is 31.0 Å². The lowest BCUT2D eigenvalue weighted by Crippen LogP contribution is -2.38. The number of nitrogens with zero attached hydrogens (tertiary/aromatic N) is 6. The summed E-state index contributed by atoms with van der Waals surface area (Å²) in [5.74, 6) is 1.53. The van der Waals surface area contributed by atoms with Gasteiger partial charge in [-0.15, -0.1) is 0 Å². The summed E-state index contributed by atoms with van der Waals surface area (Å²) < 4.78 is 1.87. The number of hydrogen-bond donors (Lipinski definition) is 1. The van der Waals surface area contributed by atoms with Crippen LogP contribution >= 0.6 is 0 Å². The Morgan fingerprint density at radius 2 is 2.07 bits per heavy atom. The second-order valence-electron chi connectivity index (χ2n) is 6.94. The van der Waals surface area contributed by atoms with Crippen molar-refractivity contribution in [2.24, 2.45) is 0 Å². The molecule has 140 valence electrons. The van der Waals surface area contributed by atoms with Gasteiger partial charge in [-0.2, -0.15) is 10.1 Å². The van der Waals surface area contributed by atoms with E-state index in [1.54, 1.807) is 6.20 Å². The molecule has 1 aliphatic rings. The molecule has 27 heavy (non-hydrogen) atoms. The molecule has 1 aliphatic heterocycles. The van der Waals surface area contributed by atoms with Crippen LogP contribution in [0.5, 0.6) is 0 Å². The first kappa shape index (κ1) is 17.5. The quantitative estimate of drug-likeness (QED) is 0.749. The maximum Gasteiger partial charge on any atom is 0.227 e. The van der Waals surface area contributed by atoms with Crippen LogP contribution in [0.1, 0.15) is 18.4 Å². The Labute approximate surface area is 158 Å². The van der Waals surface area contributed by atoms with Crippen molar-refractivity contribution < 1.29 is 5.11 Å². The summed E-state index contributed by atoms with van der Waals surface area (Å²) in [6.45, 7) is 2.21. The van der Waals surface area contributed by atoms with Crippen LogP contribution in [-0.2, 0) is 6.54 Å². The molecule has 0 radical (unpaired) electrons. The number of anilines is 2. The number of hydrogen-bond acceptors (Lipinski definition) is 6. The summed E-state index contributed by atoms with van der Waals surface area (Å²) in [7, 11) is 1.98. The summed E-state index contributed by atoms with van der Waals surface area (Å²) >= 11 is 0. The van der Waals surface area contributed by atoms with Crippen LogP contribution in [0, 0.1) is 0 Å². The molecule has 1 atom stereocenters. The molecule has 0 bridgehead atoms. The molecule has 3 heterocycles. The van der Waals surface area contributed by atoms with Crippen molar-refractivity contribution in [2.45, 2.75) is 25.5 Å². The van der Waals surface area contributed by atoms with E-state index in [0.29, 0.717) is 19.0 Å². The number of benzene rings is 1. The topological polar surface area (TPSA) is 70.3 Å². The predicted octanol–water partition coefficient (Wildman–Crippen LogP) is 2.26. The molecule has 1 aromatic carbocycles. The van der Waals surface area contributed by atoms with Gasteiger partial charge in [-0.3, -0.25) is 0 Å². The number of aromatic nitrogens is 4. The van der Waals surface area contributed by atoms with E-state index in [2.05, 4.69) is 15.0 Å². The Kier molecular flexibility index (Phi) is 5.02. The molecule has 1 saturated heterocycles. The first-order valence-corrected chi connectivity index (χ1v) is 9.25. The highest BCUT2D eigenvalue weighted by molar-refractivity contribution is 5.44. The Hall–Kier alpha value is -2.93. The summed E-state index contributed by atoms with van der Waals surface area (Å²) in [6, 6.07) is 12.0. The molecule has 7 nitrogen and oxygen atoms in total. The first-order valence-electron chi connectivity index (χ1n) is 9.25. The van der Waals surface area contributed by atoms with Gasteiger partial charge in [0.1, 0.15) is 5.82 Å². The Morgan fingerprint density at radius 1 is 1.22 bits per heavy atom. The van der Waals surface area contributed by atoms with Gasteiger partial charge in [0.15, 0.2) is 0 Å². The standard InChI is InChI=1S/C20H24N6O/c1-24(13-16-12-22-26(14-16)17-6-3-2-4-7-17)20-21-10-9-19(23-20)25-11-5-8-18(27)15-25/h2-4,6-7,9-10,12,14,18,27H,5,8,11,13,15H2,1H3. The summed E-state index contributed by atoms with van der Waals surface area (Å²) in [4.78, 5) is 13.2. The lowest BCUT2D eigenvalue weighted by molar-refractivity contribution is 0.154. The van der Waals surface area contributed by atoms with Gasteiger partial charge in [0.2, 0.25) is 5.95 Å². The molecule has 0 spiro atoms. The van der Waals surface area contributed by atoms with Crippen LogP contribution in [-0.4, -0.2) is 51.1 Å². The predicted molar refractivity (Wildman–Crippen MR) is 105 cm³/mol. The van der Waals surface area contributed by atoms with Gasteiger partial charge in [-0.25, -0.2) is 9.67 Å². The zero-order valence-electron chi connectivity index (χ0n) is 15.4. The molecular formula is C20H24N6O. The maximum absolute atomic E-state index is 9.91. The van der Waals surface area contributed by atoms with Crippen LogP contribution in [0.3, 0.4) is 0 Å². The zero-order chi connectivity index (χ0) is 18.6. The average Bonchev–Trinajstić information content (AvgIpc) is 3.17. The van der Waals surface area contributed by atoms with E-state index in [-0.39, 0.29) is 6.10 Å². The SMILES string of the molecule is CN(Cc1cnn(-c2ccccc2)c1)c1nccc(N2CCCC(O)C2)n1. The van der Waals surface area contributed by atoms with Crippen molar-refractivity contribution in [1.82, 2.24) is 19.7 Å². The highest BCUT2D eigenvalue weighted by Gasteiger charge is 2.19. The molecule has 7 heteroatoms. The van der Waals surface area contributed by atoms with E-state index in [1.165, 1.54) is 0 Å². The number of rotatable bonds is 5. The smallest absolute Gasteiger partial charge is 0.227 e. The van der Waals surface area contributed by atoms with Gasteiger partial charge < -0.3 is 14.9 Å².